The maximum Gasteiger partial charge on any atom is 0.115 e. The van der Waals surface area contributed by atoms with E-state index in [4.69, 9.17) is 0 Å². The molecule has 25 heavy (non-hydrogen) atoms. The highest BCUT2D eigenvalue weighted by Crippen LogP contribution is 2.36. The summed E-state index contributed by atoms with van der Waals surface area (Å²) in [6.07, 6.45) is 1.14. The Kier molecular flexibility index (Phi) is 5.23. The number of aromatic hydroxyl groups is 1. The average Bonchev–Trinajstić information content (AvgIpc) is 2.67. The van der Waals surface area contributed by atoms with Crippen LogP contribution in [0.4, 0.5) is 0 Å². The molecule has 1 nitrogen and oxygen atoms in total. The van der Waals surface area contributed by atoms with Gasteiger partial charge >= 0.3 is 0 Å². The summed E-state index contributed by atoms with van der Waals surface area (Å²) in [4.78, 5) is 0. The molecule has 128 valence electrons. The zero-order valence-electron chi connectivity index (χ0n) is 15.2. The second-order valence-electron chi connectivity index (χ2n) is 6.84. The van der Waals surface area contributed by atoms with Crippen molar-refractivity contribution in [2.75, 3.05) is 0 Å². The van der Waals surface area contributed by atoms with Crippen LogP contribution in [0, 0.1) is 0 Å². The van der Waals surface area contributed by atoms with Crippen LogP contribution in [-0.4, -0.2) is 5.11 Å². The third-order valence-corrected chi connectivity index (χ3v) is 5.20. The summed E-state index contributed by atoms with van der Waals surface area (Å²) in [5.74, 6) is 1.17. The van der Waals surface area contributed by atoms with Gasteiger partial charge in [0.05, 0.1) is 0 Å². The molecule has 1 N–H and O–H groups in total. The minimum atomic E-state index is 0.303. The highest BCUT2D eigenvalue weighted by molar-refractivity contribution is 5.70. The molecule has 0 aliphatic heterocycles. The van der Waals surface area contributed by atoms with Gasteiger partial charge in [-0.3, -0.25) is 0 Å². The molecule has 0 heterocycles. The van der Waals surface area contributed by atoms with Crippen molar-refractivity contribution < 1.29 is 5.11 Å². The maximum atomic E-state index is 9.61. The lowest BCUT2D eigenvalue weighted by molar-refractivity contribution is 0.475. The van der Waals surface area contributed by atoms with Gasteiger partial charge in [-0.1, -0.05) is 81.4 Å². The molecular weight excluding hydrogens is 304 g/mol. The van der Waals surface area contributed by atoms with E-state index in [0.29, 0.717) is 17.6 Å². The highest BCUT2D eigenvalue weighted by Gasteiger charge is 2.16. The minimum Gasteiger partial charge on any atom is -0.508 e. The molecule has 3 aromatic carbocycles. The molecule has 2 unspecified atom stereocenters. The summed E-state index contributed by atoms with van der Waals surface area (Å²) in [6, 6.07) is 25.0. The van der Waals surface area contributed by atoms with Crippen LogP contribution in [0.1, 0.15) is 55.7 Å². The molecule has 0 spiro atoms. The van der Waals surface area contributed by atoms with Gasteiger partial charge in [-0.15, -0.1) is 0 Å². The van der Waals surface area contributed by atoms with Gasteiger partial charge < -0.3 is 5.11 Å². The number of phenolic OH excluding ortho intramolecular Hbond substituents is 1. The lowest BCUT2D eigenvalue weighted by Gasteiger charge is -2.20. The summed E-state index contributed by atoms with van der Waals surface area (Å²) in [5.41, 5.74) is 6.44. The Morgan fingerprint density at radius 2 is 1.48 bits per heavy atom. The quantitative estimate of drug-likeness (QED) is 0.550. The SMILES string of the molecule is CCC(C)c1ccc(-c2ccc(O)cc2)c(C(C)c2ccccc2)c1. The van der Waals surface area contributed by atoms with Gasteiger partial charge in [-0.2, -0.15) is 0 Å². The third-order valence-electron chi connectivity index (χ3n) is 5.20. The first kappa shape index (κ1) is 17.3. The average molecular weight is 330 g/mol. The molecule has 0 amide bonds. The van der Waals surface area contributed by atoms with Crippen molar-refractivity contribution in [3.05, 3.63) is 89.5 Å². The highest BCUT2D eigenvalue weighted by atomic mass is 16.3. The molecule has 3 aromatic rings. The van der Waals surface area contributed by atoms with E-state index in [1.165, 1.54) is 22.3 Å². The first-order valence-corrected chi connectivity index (χ1v) is 9.08. The van der Waals surface area contributed by atoms with Crippen LogP contribution in [0.15, 0.2) is 72.8 Å². The van der Waals surface area contributed by atoms with E-state index in [1.54, 1.807) is 12.1 Å². The third kappa shape index (κ3) is 3.76. The second kappa shape index (κ2) is 7.57. The van der Waals surface area contributed by atoms with Gasteiger partial charge in [0.25, 0.3) is 0 Å². The molecule has 2 atom stereocenters. The topological polar surface area (TPSA) is 20.2 Å². The van der Waals surface area contributed by atoms with Gasteiger partial charge in [0.15, 0.2) is 0 Å². The zero-order valence-corrected chi connectivity index (χ0v) is 15.2. The maximum absolute atomic E-state index is 9.61. The summed E-state index contributed by atoms with van der Waals surface area (Å²) >= 11 is 0. The Morgan fingerprint density at radius 1 is 0.800 bits per heavy atom. The summed E-state index contributed by atoms with van der Waals surface area (Å²) < 4.78 is 0. The van der Waals surface area contributed by atoms with Crippen LogP contribution in [0.3, 0.4) is 0 Å². The largest absolute Gasteiger partial charge is 0.508 e. The zero-order chi connectivity index (χ0) is 17.8. The number of phenols is 1. The predicted octanol–water partition coefficient (Wildman–Crippen LogP) is 6.72. The van der Waals surface area contributed by atoms with E-state index in [2.05, 4.69) is 69.3 Å². The number of hydrogen-bond donors (Lipinski definition) is 1. The van der Waals surface area contributed by atoms with E-state index in [-0.39, 0.29) is 0 Å². The van der Waals surface area contributed by atoms with Crippen LogP contribution in [0.5, 0.6) is 5.75 Å². The van der Waals surface area contributed by atoms with E-state index in [9.17, 15) is 5.11 Å². The smallest absolute Gasteiger partial charge is 0.115 e. The molecule has 0 saturated carbocycles. The van der Waals surface area contributed by atoms with Crippen molar-refractivity contribution in [1.29, 1.82) is 0 Å². The lowest BCUT2D eigenvalue weighted by atomic mass is 9.84. The molecule has 3 rings (SSSR count). The second-order valence-corrected chi connectivity index (χ2v) is 6.84. The van der Waals surface area contributed by atoms with Crippen molar-refractivity contribution in [2.24, 2.45) is 0 Å². The molecule has 0 radical (unpaired) electrons. The Hall–Kier alpha value is -2.54. The lowest BCUT2D eigenvalue weighted by Crippen LogP contribution is -2.02. The number of benzene rings is 3. The standard InChI is InChI=1S/C24H26O/c1-4-17(2)21-12-15-23(20-10-13-22(25)14-11-20)24(16-21)18(3)19-8-6-5-7-9-19/h5-18,25H,4H2,1-3H3. The number of hydrogen-bond acceptors (Lipinski definition) is 1. The predicted molar refractivity (Wildman–Crippen MR) is 106 cm³/mol. The Balaban J connectivity index is 2.12. The molecule has 0 saturated heterocycles. The summed E-state index contributed by atoms with van der Waals surface area (Å²) in [7, 11) is 0. The molecule has 1 heteroatoms. The van der Waals surface area contributed by atoms with Crippen molar-refractivity contribution in [3.63, 3.8) is 0 Å². The van der Waals surface area contributed by atoms with Crippen LogP contribution in [0.25, 0.3) is 11.1 Å². The van der Waals surface area contributed by atoms with Crippen molar-refractivity contribution >= 4 is 0 Å². The molecule has 0 fully saturated rings. The monoisotopic (exact) mass is 330 g/mol. The fourth-order valence-electron chi connectivity index (χ4n) is 3.31. The fraction of sp³-hybridized carbons (Fsp3) is 0.250. The van der Waals surface area contributed by atoms with Gasteiger partial charge in [-0.25, -0.2) is 0 Å². The van der Waals surface area contributed by atoms with Crippen LogP contribution in [-0.2, 0) is 0 Å². The molecule has 0 aliphatic rings. The van der Waals surface area contributed by atoms with E-state index in [1.807, 2.05) is 12.1 Å². The van der Waals surface area contributed by atoms with Crippen LogP contribution >= 0.6 is 0 Å². The number of rotatable bonds is 5. The Bertz CT molecular complexity index is 818. The fourth-order valence-corrected chi connectivity index (χ4v) is 3.31. The Labute approximate surface area is 151 Å². The van der Waals surface area contributed by atoms with Crippen molar-refractivity contribution in [3.8, 4) is 16.9 Å². The molecule has 0 bridgehead atoms. The Morgan fingerprint density at radius 3 is 2.12 bits per heavy atom. The summed E-state index contributed by atoms with van der Waals surface area (Å²) in [6.45, 7) is 6.79. The van der Waals surface area contributed by atoms with Crippen molar-refractivity contribution in [2.45, 2.75) is 39.0 Å². The van der Waals surface area contributed by atoms with Crippen LogP contribution in [0.2, 0.25) is 0 Å². The van der Waals surface area contributed by atoms with Gasteiger partial charge in [0.2, 0.25) is 0 Å². The van der Waals surface area contributed by atoms with Gasteiger partial charge in [0, 0.05) is 5.92 Å². The van der Waals surface area contributed by atoms with Crippen molar-refractivity contribution in [1.82, 2.24) is 0 Å². The minimum absolute atomic E-state index is 0.303. The van der Waals surface area contributed by atoms with Gasteiger partial charge in [0.1, 0.15) is 5.75 Å². The van der Waals surface area contributed by atoms with E-state index >= 15 is 0 Å². The normalized spacial score (nSPS) is 13.4. The molecule has 0 aromatic heterocycles. The van der Waals surface area contributed by atoms with E-state index < -0.39 is 0 Å². The van der Waals surface area contributed by atoms with Gasteiger partial charge in [-0.05, 0) is 52.3 Å². The van der Waals surface area contributed by atoms with E-state index in [0.717, 1.165) is 12.0 Å². The summed E-state index contributed by atoms with van der Waals surface area (Å²) in [5, 5.41) is 9.61. The first-order valence-electron chi connectivity index (χ1n) is 9.08. The molecular formula is C24H26O. The van der Waals surface area contributed by atoms with Crippen LogP contribution < -0.4 is 0 Å². The first-order chi connectivity index (χ1) is 12.1. The molecule has 0 aliphatic carbocycles.